The number of nitrogens with zero attached hydrogens (tertiary/aromatic N) is 1. The minimum atomic E-state index is -4.03. The van der Waals surface area contributed by atoms with E-state index in [1.54, 1.807) is 12.1 Å². The predicted molar refractivity (Wildman–Crippen MR) is 62.9 cm³/mol. The van der Waals surface area contributed by atoms with E-state index in [1.807, 2.05) is 30.3 Å². The van der Waals surface area contributed by atoms with E-state index in [0.717, 1.165) is 5.56 Å². The van der Waals surface area contributed by atoms with Gasteiger partial charge in [0.25, 0.3) is 5.44 Å². The first kappa shape index (κ1) is 11.2. The molecule has 0 atom stereocenters. The van der Waals surface area contributed by atoms with Crippen LogP contribution in [-0.2, 0) is 0 Å². The molecule has 0 unspecified atom stereocenters. The molecule has 0 saturated carbocycles. The quantitative estimate of drug-likeness (QED) is 0.683. The third kappa shape index (κ3) is 2.43. The number of aromatic nitrogens is 1. The Labute approximate surface area is 93.4 Å². The van der Waals surface area contributed by atoms with E-state index in [9.17, 15) is 0 Å². The van der Waals surface area contributed by atoms with Crippen molar-refractivity contribution in [3.63, 3.8) is 0 Å². The highest BCUT2D eigenvalue weighted by Gasteiger charge is 2.36. The maximum atomic E-state index is 9.12. The van der Waals surface area contributed by atoms with E-state index in [4.69, 9.17) is 14.7 Å². The summed E-state index contributed by atoms with van der Waals surface area (Å²) in [6.45, 7) is 0. The number of hydrogen-bond donors (Lipinski definition) is 3. The number of hydrogen-bond acceptors (Lipinski definition) is 4. The molecule has 0 aliphatic rings. The SMILES string of the molecule is O[P+](O)(O)c1cccc(-c2ccccc2)n1. The monoisotopic (exact) mass is 236 g/mol. The Balaban J connectivity index is 2.45. The summed E-state index contributed by atoms with van der Waals surface area (Å²) in [6.07, 6.45) is 0. The van der Waals surface area contributed by atoms with Crippen LogP contribution in [-0.4, -0.2) is 19.7 Å². The molecular formula is C11H11NO3P+. The molecule has 0 aliphatic heterocycles. The topological polar surface area (TPSA) is 73.6 Å². The predicted octanol–water partition coefficient (Wildman–Crippen LogP) is 1.11. The van der Waals surface area contributed by atoms with Crippen molar-refractivity contribution in [2.45, 2.75) is 0 Å². The lowest BCUT2D eigenvalue weighted by Crippen LogP contribution is -2.13. The summed E-state index contributed by atoms with van der Waals surface area (Å²) in [5, 5.41) is 0. The summed E-state index contributed by atoms with van der Waals surface area (Å²) in [7, 11) is -4.03. The highest BCUT2D eigenvalue weighted by atomic mass is 31.2. The summed E-state index contributed by atoms with van der Waals surface area (Å²) in [5.41, 5.74) is 1.37. The second-order valence-corrected chi connectivity index (χ2v) is 4.91. The zero-order chi connectivity index (χ0) is 11.6. The molecule has 0 fully saturated rings. The van der Waals surface area contributed by atoms with Crippen molar-refractivity contribution >= 4 is 13.4 Å². The second kappa shape index (κ2) is 4.28. The van der Waals surface area contributed by atoms with Gasteiger partial charge in [-0.1, -0.05) is 36.4 Å². The molecule has 0 amide bonds. The van der Waals surface area contributed by atoms with Gasteiger partial charge < -0.3 is 0 Å². The molecule has 1 heterocycles. The summed E-state index contributed by atoms with van der Waals surface area (Å²) in [6, 6.07) is 14.1. The first-order chi connectivity index (χ1) is 7.57. The molecule has 82 valence electrons. The molecule has 0 saturated heterocycles. The van der Waals surface area contributed by atoms with Gasteiger partial charge in [-0.3, -0.25) is 0 Å². The Morgan fingerprint density at radius 2 is 1.50 bits per heavy atom. The maximum Gasteiger partial charge on any atom is 0.460 e. The molecule has 3 N–H and O–H groups in total. The highest BCUT2D eigenvalue weighted by Crippen LogP contribution is 2.42. The maximum absolute atomic E-state index is 9.12. The van der Waals surface area contributed by atoms with Gasteiger partial charge in [0.05, 0.1) is 5.69 Å². The van der Waals surface area contributed by atoms with E-state index in [0.29, 0.717) is 5.69 Å². The van der Waals surface area contributed by atoms with Crippen molar-refractivity contribution in [3.05, 3.63) is 48.5 Å². The fourth-order valence-electron chi connectivity index (χ4n) is 1.36. The molecular weight excluding hydrogens is 225 g/mol. The number of benzene rings is 1. The fraction of sp³-hybridized carbons (Fsp3) is 0. The van der Waals surface area contributed by atoms with Crippen molar-refractivity contribution in [2.24, 2.45) is 0 Å². The van der Waals surface area contributed by atoms with Crippen LogP contribution in [0.5, 0.6) is 0 Å². The van der Waals surface area contributed by atoms with Crippen LogP contribution in [0.1, 0.15) is 0 Å². The van der Waals surface area contributed by atoms with Gasteiger partial charge in [0.2, 0.25) is 0 Å². The first-order valence-electron chi connectivity index (χ1n) is 4.68. The van der Waals surface area contributed by atoms with Crippen LogP contribution in [0.3, 0.4) is 0 Å². The normalized spacial score (nSPS) is 11.4. The van der Waals surface area contributed by atoms with Crippen LogP contribution >= 0.6 is 7.94 Å². The Bertz CT molecular complexity index is 482. The molecule has 1 aromatic heterocycles. The lowest BCUT2D eigenvalue weighted by atomic mass is 10.1. The van der Waals surface area contributed by atoms with Gasteiger partial charge in [-0.2, -0.15) is 14.7 Å². The van der Waals surface area contributed by atoms with E-state index >= 15 is 0 Å². The average molecular weight is 236 g/mol. The van der Waals surface area contributed by atoms with Crippen LogP contribution < -0.4 is 5.44 Å². The second-order valence-electron chi connectivity index (χ2n) is 3.32. The third-order valence-electron chi connectivity index (χ3n) is 2.11. The standard InChI is InChI=1S/C11H11NO3P/c13-16(14,15)11-8-4-7-10(12-11)9-5-2-1-3-6-9/h1-8,13-15H/q+1. The Kier molecular flexibility index (Phi) is 2.99. The van der Waals surface area contributed by atoms with Gasteiger partial charge in [-0.15, -0.1) is 0 Å². The molecule has 2 rings (SSSR count). The van der Waals surface area contributed by atoms with Gasteiger partial charge in [0.1, 0.15) is 0 Å². The molecule has 16 heavy (non-hydrogen) atoms. The zero-order valence-electron chi connectivity index (χ0n) is 8.35. The number of rotatable bonds is 2. The van der Waals surface area contributed by atoms with E-state index in [2.05, 4.69) is 4.98 Å². The highest BCUT2D eigenvalue weighted by molar-refractivity contribution is 7.66. The first-order valence-corrected chi connectivity index (χ1v) is 6.32. The minimum Gasteiger partial charge on any atom is -0.206 e. The Morgan fingerprint density at radius 3 is 2.12 bits per heavy atom. The van der Waals surface area contributed by atoms with Crippen LogP contribution in [0.15, 0.2) is 48.5 Å². The van der Waals surface area contributed by atoms with E-state index < -0.39 is 7.94 Å². The minimum absolute atomic E-state index is 0.0890. The van der Waals surface area contributed by atoms with Crippen molar-refractivity contribution in [2.75, 3.05) is 0 Å². The molecule has 0 bridgehead atoms. The van der Waals surface area contributed by atoms with Gasteiger partial charge in [0.15, 0.2) is 0 Å². The smallest absolute Gasteiger partial charge is 0.206 e. The van der Waals surface area contributed by atoms with Crippen molar-refractivity contribution < 1.29 is 14.7 Å². The van der Waals surface area contributed by atoms with Crippen LogP contribution in [0.25, 0.3) is 11.3 Å². The van der Waals surface area contributed by atoms with Crippen molar-refractivity contribution in [3.8, 4) is 11.3 Å². The fourth-order valence-corrected chi connectivity index (χ4v) is 1.89. The number of pyridine rings is 1. The zero-order valence-corrected chi connectivity index (χ0v) is 9.25. The van der Waals surface area contributed by atoms with Gasteiger partial charge in [0, 0.05) is 11.6 Å². The molecule has 5 heteroatoms. The summed E-state index contributed by atoms with van der Waals surface area (Å²) >= 11 is 0. The molecule has 4 nitrogen and oxygen atoms in total. The van der Waals surface area contributed by atoms with Gasteiger partial charge in [-0.05, 0) is 6.07 Å². The molecule has 2 aromatic rings. The lowest BCUT2D eigenvalue weighted by molar-refractivity contribution is 0.346. The molecule has 1 aromatic carbocycles. The van der Waals surface area contributed by atoms with E-state index in [1.165, 1.54) is 6.07 Å². The Hall–Kier alpha value is -1.32. The summed E-state index contributed by atoms with van der Waals surface area (Å²) in [4.78, 5) is 31.4. The summed E-state index contributed by atoms with van der Waals surface area (Å²) < 4.78 is 0. The third-order valence-corrected chi connectivity index (χ3v) is 2.98. The molecule has 0 spiro atoms. The van der Waals surface area contributed by atoms with Crippen LogP contribution in [0.4, 0.5) is 0 Å². The molecule has 0 aliphatic carbocycles. The van der Waals surface area contributed by atoms with Crippen LogP contribution in [0, 0.1) is 0 Å². The lowest BCUT2D eigenvalue weighted by Gasteiger charge is -2.04. The largest absolute Gasteiger partial charge is 0.460 e. The van der Waals surface area contributed by atoms with Gasteiger partial charge in [-0.25, -0.2) is 4.98 Å². The van der Waals surface area contributed by atoms with Crippen LogP contribution in [0.2, 0.25) is 0 Å². The Morgan fingerprint density at radius 1 is 0.812 bits per heavy atom. The van der Waals surface area contributed by atoms with E-state index in [-0.39, 0.29) is 5.44 Å². The summed E-state index contributed by atoms with van der Waals surface area (Å²) in [5.74, 6) is 0. The van der Waals surface area contributed by atoms with Crippen molar-refractivity contribution in [1.82, 2.24) is 4.98 Å². The average Bonchev–Trinajstić information content (AvgIpc) is 2.29. The van der Waals surface area contributed by atoms with Gasteiger partial charge >= 0.3 is 7.94 Å². The van der Waals surface area contributed by atoms with Crippen molar-refractivity contribution in [1.29, 1.82) is 0 Å². The molecule has 0 radical (unpaired) electrons.